The molecular weight excluding hydrogens is 298 g/mol. The van der Waals surface area contributed by atoms with E-state index in [1.807, 2.05) is 42.5 Å². The zero-order chi connectivity index (χ0) is 15.4. The third-order valence-electron chi connectivity index (χ3n) is 2.88. The maximum absolute atomic E-state index is 8.79. The number of nitriles is 1. The number of benzene rings is 1. The van der Waals surface area contributed by atoms with Crippen molar-refractivity contribution in [1.82, 2.24) is 15.1 Å². The molecule has 2 aromatic heterocycles. The van der Waals surface area contributed by atoms with Crippen LogP contribution in [0.3, 0.4) is 0 Å². The highest BCUT2D eigenvalue weighted by Gasteiger charge is 2.09. The molecule has 0 spiro atoms. The Bertz CT molecular complexity index is 825. The molecule has 0 bridgehead atoms. The summed E-state index contributed by atoms with van der Waals surface area (Å²) in [6, 6.07) is 13.6. The molecule has 3 aromatic rings. The third-order valence-corrected chi connectivity index (χ3v) is 3.78. The van der Waals surface area contributed by atoms with Gasteiger partial charge in [-0.25, -0.2) is 9.97 Å². The van der Waals surface area contributed by atoms with Crippen LogP contribution >= 0.6 is 11.8 Å². The minimum Gasteiger partial charge on any atom is -0.382 e. The minimum atomic E-state index is 0.185. The average molecular weight is 309 g/mol. The van der Waals surface area contributed by atoms with Gasteiger partial charge in [-0.15, -0.1) is 0 Å². The molecule has 6 nitrogen and oxygen atoms in total. The van der Waals surface area contributed by atoms with E-state index in [2.05, 4.69) is 15.1 Å². The van der Waals surface area contributed by atoms with Crippen LogP contribution in [0.4, 0.5) is 5.82 Å². The van der Waals surface area contributed by atoms with Gasteiger partial charge in [-0.2, -0.15) is 5.26 Å². The first-order chi connectivity index (χ1) is 10.8. The summed E-state index contributed by atoms with van der Waals surface area (Å²) in [5.41, 5.74) is 7.70. The zero-order valence-corrected chi connectivity index (χ0v) is 12.2. The fourth-order valence-electron chi connectivity index (χ4n) is 1.79. The van der Waals surface area contributed by atoms with Crippen molar-refractivity contribution < 1.29 is 4.52 Å². The zero-order valence-electron chi connectivity index (χ0n) is 11.4. The number of nitrogen functional groups attached to an aromatic ring is 1. The molecule has 0 saturated carbocycles. The van der Waals surface area contributed by atoms with Gasteiger partial charge in [-0.05, 0) is 0 Å². The minimum absolute atomic E-state index is 0.185. The van der Waals surface area contributed by atoms with Crippen LogP contribution in [0.25, 0.3) is 11.3 Å². The number of rotatable bonds is 4. The SMILES string of the molecule is N#Cc1cnc(SCc2cc(-c3ccccc3)on2)nc1N. The van der Waals surface area contributed by atoms with Crippen molar-refractivity contribution in [1.29, 1.82) is 5.26 Å². The summed E-state index contributed by atoms with van der Waals surface area (Å²) >= 11 is 1.38. The van der Waals surface area contributed by atoms with E-state index >= 15 is 0 Å². The average Bonchev–Trinajstić information content (AvgIpc) is 3.03. The van der Waals surface area contributed by atoms with Gasteiger partial charge >= 0.3 is 0 Å². The normalized spacial score (nSPS) is 10.3. The highest BCUT2D eigenvalue weighted by atomic mass is 32.2. The molecule has 2 heterocycles. The van der Waals surface area contributed by atoms with Crippen molar-refractivity contribution in [3.05, 3.63) is 53.9 Å². The lowest BCUT2D eigenvalue weighted by atomic mass is 10.2. The van der Waals surface area contributed by atoms with Crippen LogP contribution in [0.1, 0.15) is 11.3 Å². The Morgan fingerprint density at radius 2 is 2.09 bits per heavy atom. The molecule has 0 atom stereocenters. The summed E-state index contributed by atoms with van der Waals surface area (Å²) in [4.78, 5) is 8.15. The quantitative estimate of drug-likeness (QED) is 0.584. The monoisotopic (exact) mass is 309 g/mol. The molecule has 0 amide bonds. The lowest BCUT2D eigenvalue weighted by molar-refractivity contribution is 0.426. The van der Waals surface area contributed by atoms with Crippen LogP contribution in [0.5, 0.6) is 0 Å². The number of nitrogens with zero attached hydrogens (tertiary/aromatic N) is 4. The fraction of sp³-hybridized carbons (Fsp3) is 0.0667. The van der Waals surface area contributed by atoms with E-state index in [1.54, 1.807) is 0 Å². The van der Waals surface area contributed by atoms with E-state index in [9.17, 15) is 0 Å². The number of aromatic nitrogens is 3. The Morgan fingerprint density at radius 3 is 2.82 bits per heavy atom. The first-order valence-corrected chi connectivity index (χ1v) is 7.41. The van der Waals surface area contributed by atoms with Gasteiger partial charge in [-0.3, -0.25) is 0 Å². The standard InChI is InChI=1S/C15H11N5OS/c16-7-11-8-18-15(19-14(11)17)22-9-12-6-13(21-20-12)10-4-2-1-3-5-10/h1-6,8H,9H2,(H2,17,18,19). The summed E-state index contributed by atoms with van der Waals surface area (Å²) in [5, 5.41) is 13.3. The lowest BCUT2D eigenvalue weighted by Gasteiger charge is -1.99. The number of anilines is 1. The first kappa shape index (κ1) is 14.1. The number of hydrogen-bond acceptors (Lipinski definition) is 7. The van der Waals surface area contributed by atoms with E-state index in [0.29, 0.717) is 10.9 Å². The molecule has 0 unspecified atom stereocenters. The fourth-order valence-corrected chi connectivity index (χ4v) is 2.49. The van der Waals surface area contributed by atoms with E-state index < -0.39 is 0 Å². The molecule has 3 rings (SSSR count). The van der Waals surface area contributed by atoms with Gasteiger partial charge in [0.2, 0.25) is 0 Å². The number of thioether (sulfide) groups is 1. The van der Waals surface area contributed by atoms with Crippen LogP contribution in [-0.4, -0.2) is 15.1 Å². The topological polar surface area (TPSA) is 102 Å². The maximum Gasteiger partial charge on any atom is 0.189 e. The van der Waals surface area contributed by atoms with Crippen molar-refractivity contribution in [2.75, 3.05) is 5.73 Å². The van der Waals surface area contributed by atoms with E-state index in [0.717, 1.165) is 17.0 Å². The second-order valence-corrected chi connectivity index (χ2v) is 5.34. The van der Waals surface area contributed by atoms with Crippen LogP contribution in [-0.2, 0) is 5.75 Å². The van der Waals surface area contributed by atoms with Crippen LogP contribution in [0.15, 0.2) is 52.3 Å². The van der Waals surface area contributed by atoms with Gasteiger partial charge in [0.1, 0.15) is 17.5 Å². The highest BCUT2D eigenvalue weighted by Crippen LogP contribution is 2.24. The van der Waals surface area contributed by atoms with E-state index in [-0.39, 0.29) is 11.4 Å². The van der Waals surface area contributed by atoms with Crippen molar-refractivity contribution >= 4 is 17.6 Å². The molecule has 0 aliphatic carbocycles. The Labute approximate surface area is 131 Å². The molecule has 0 aliphatic rings. The summed E-state index contributed by atoms with van der Waals surface area (Å²) in [7, 11) is 0. The maximum atomic E-state index is 8.79. The van der Waals surface area contributed by atoms with Crippen LogP contribution < -0.4 is 5.73 Å². The van der Waals surface area contributed by atoms with Crippen LogP contribution in [0.2, 0.25) is 0 Å². The lowest BCUT2D eigenvalue weighted by Crippen LogP contribution is -1.98. The van der Waals surface area contributed by atoms with Gasteiger partial charge in [-0.1, -0.05) is 47.3 Å². The molecule has 0 fully saturated rings. The molecule has 108 valence electrons. The van der Waals surface area contributed by atoms with Crippen molar-refractivity contribution in [3.63, 3.8) is 0 Å². The molecule has 0 radical (unpaired) electrons. The second-order valence-electron chi connectivity index (χ2n) is 4.40. The van der Waals surface area contributed by atoms with E-state index in [4.69, 9.17) is 15.5 Å². The summed E-state index contributed by atoms with van der Waals surface area (Å²) in [5.74, 6) is 1.46. The molecule has 0 aliphatic heterocycles. The summed E-state index contributed by atoms with van der Waals surface area (Å²) in [6.07, 6.45) is 1.42. The molecule has 1 aromatic carbocycles. The van der Waals surface area contributed by atoms with E-state index in [1.165, 1.54) is 18.0 Å². The second kappa shape index (κ2) is 6.28. The molecule has 2 N–H and O–H groups in total. The van der Waals surface area contributed by atoms with Crippen molar-refractivity contribution in [3.8, 4) is 17.4 Å². The third kappa shape index (κ3) is 3.07. The summed E-state index contributed by atoms with van der Waals surface area (Å²) < 4.78 is 5.33. The predicted octanol–water partition coefficient (Wildman–Crippen LogP) is 2.88. The number of nitrogens with two attached hydrogens (primary N) is 1. The molecular formula is C15H11N5OS. The Kier molecular flexibility index (Phi) is 4.03. The molecule has 0 saturated heterocycles. The number of hydrogen-bond donors (Lipinski definition) is 1. The first-order valence-electron chi connectivity index (χ1n) is 6.42. The van der Waals surface area contributed by atoms with Crippen molar-refractivity contribution in [2.45, 2.75) is 10.9 Å². The van der Waals surface area contributed by atoms with Gasteiger partial charge in [0.25, 0.3) is 0 Å². The van der Waals surface area contributed by atoms with Crippen LogP contribution in [0, 0.1) is 11.3 Å². The van der Waals surface area contributed by atoms with Crippen molar-refractivity contribution in [2.24, 2.45) is 0 Å². The van der Waals surface area contributed by atoms with Gasteiger partial charge in [0.05, 0.1) is 11.9 Å². The predicted molar refractivity (Wildman–Crippen MR) is 82.7 cm³/mol. The highest BCUT2D eigenvalue weighted by molar-refractivity contribution is 7.98. The largest absolute Gasteiger partial charge is 0.382 e. The molecule has 7 heteroatoms. The Morgan fingerprint density at radius 1 is 1.27 bits per heavy atom. The van der Waals surface area contributed by atoms with Gasteiger partial charge < -0.3 is 10.3 Å². The summed E-state index contributed by atoms with van der Waals surface area (Å²) in [6.45, 7) is 0. The smallest absolute Gasteiger partial charge is 0.189 e. The molecule has 22 heavy (non-hydrogen) atoms. The van der Waals surface area contributed by atoms with Gasteiger partial charge in [0, 0.05) is 17.4 Å². The van der Waals surface area contributed by atoms with Gasteiger partial charge in [0.15, 0.2) is 10.9 Å². The Balaban J connectivity index is 1.69. The Hall–Kier alpha value is -2.85.